The van der Waals surface area contributed by atoms with Gasteiger partial charge in [-0.05, 0) is 55.3 Å². The molecule has 0 atom stereocenters. The molecule has 0 saturated carbocycles. The van der Waals surface area contributed by atoms with Crippen LogP contribution in [0.25, 0.3) is 11.0 Å². The number of nitrogens with one attached hydrogen (secondary N) is 1. The van der Waals surface area contributed by atoms with E-state index in [4.69, 9.17) is 4.74 Å². The first-order valence-corrected chi connectivity index (χ1v) is 9.38. The van der Waals surface area contributed by atoms with E-state index in [2.05, 4.69) is 46.8 Å². The van der Waals surface area contributed by atoms with E-state index >= 15 is 0 Å². The Morgan fingerprint density at radius 3 is 2.52 bits per heavy atom. The first kappa shape index (κ1) is 18.7. The first-order chi connectivity index (χ1) is 14.0. The third-order valence-corrected chi connectivity index (χ3v) is 4.83. The lowest BCUT2D eigenvalue weighted by Crippen LogP contribution is -2.12. The van der Waals surface area contributed by atoms with Crippen LogP contribution in [0.15, 0.2) is 60.7 Å². The van der Waals surface area contributed by atoms with Gasteiger partial charge >= 0.3 is 0 Å². The maximum absolute atomic E-state index is 12.7. The number of nitrogens with zero attached hydrogens (tertiary/aromatic N) is 3. The van der Waals surface area contributed by atoms with E-state index in [1.165, 1.54) is 5.56 Å². The van der Waals surface area contributed by atoms with Gasteiger partial charge in [0.1, 0.15) is 11.3 Å². The quantitative estimate of drug-likeness (QED) is 0.553. The van der Waals surface area contributed by atoms with Gasteiger partial charge in [-0.15, -0.1) is 5.10 Å². The zero-order valence-electron chi connectivity index (χ0n) is 16.6. The molecule has 29 heavy (non-hydrogen) atoms. The number of amides is 1. The summed E-state index contributed by atoms with van der Waals surface area (Å²) in [7, 11) is 1.58. The van der Waals surface area contributed by atoms with Crippen LogP contribution in [0.1, 0.15) is 27.0 Å². The summed E-state index contributed by atoms with van der Waals surface area (Å²) < 4.78 is 7.17. The van der Waals surface area contributed by atoms with E-state index in [1.54, 1.807) is 19.2 Å². The number of carbonyl (C=O) groups excluding carboxylic acids is 1. The lowest BCUT2D eigenvalue weighted by Gasteiger charge is -2.11. The first-order valence-electron chi connectivity index (χ1n) is 9.38. The van der Waals surface area contributed by atoms with Crippen molar-refractivity contribution in [3.63, 3.8) is 0 Å². The van der Waals surface area contributed by atoms with Gasteiger partial charge < -0.3 is 10.1 Å². The van der Waals surface area contributed by atoms with Gasteiger partial charge in [-0.2, -0.15) is 0 Å². The minimum atomic E-state index is -0.219. The second-order valence-electron chi connectivity index (χ2n) is 7.09. The molecule has 4 aromatic rings. The minimum absolute atomic E-state index is 0.219. The maximum atomic E-state index is 12.7. The Kier molecular flexibility index (Phi) is 4.99. The van der Waals surface area contributed by atoms with Crippen molar-refractivity contribution < 1.29 is 9.53 Å². The molecular formula is C23H22N4O2. The molecule has 0 radical (unpaired) electrons. The Bertz CT molecular complexity index is 1180. The summed E-state index contributed by atoms with van der Waals surface area (Å²) >= 11 is 0. The third kappa shape index (κ3) is 3.96. The van der Waals surface area contributed by atoms with Gasteiger partial charge in [0.2, 0.25) is 0 Å². The summed E-state index contributed by atoms with van der Waals surface area (Å²) in [5.41, 5.74) is 6.13. The highest BCUT2D eigenvalue weighted by Gasteiger charge is 2.13. The van der Waals surface area contributed by atoms with E-state index in [9.17, 15) is 4.79 Å². The molecule has 3 aromatic carbocycles. The smallest absolute Gasteiger partial charge is 0.255 e. The summed E-state index contributed by atoms with van der Waals surface area (Å²) in [6.07, 6.45) is 0. The topological polar surface area (TPSA) is 69.0 Å². The third-order valence-electron chi connectivity index (χ3n) is 4.83. The average Bonchev–Trinajstić information content (AvgIpc) is 3.12. The average molecular weight is 386 g/mol. The fourth-order valence-corrected chi connectivity index (χ4v) is 3.21. The monoisotopic (exact) mass is 386 g/mol. The number of hydrogen-bond acceptors (Lipinski definition) is 4. The molecule has 0 aliphatic heterocycles. The SMILES string of the molecule is COc1ccc(C)cc1NC(=O)c1ccc2c(c1)nnn2Cc1ccc(C)cc1. The number of rotatable bonds is 5. The fourth-order valence-electron chi connectivity index (χ4n) is 3.21. The van der Waals surface area contributed by atoms with E-state index in [0.29, 0.717) is 29.1 Å². The van der Waals surface area contributed by atoms with Crippen LogP contribution in [-0.4, -0.2) is 28.0 Å². The summed E-state index contributed by atoms with van der Waals surface area (Å²) in [5, 5.41) is 11.4. The van der Waals surface area contributed by atoms with Gasteiger partial charge in [-0.25, -0.2) is 4.68 Å². The number of anilines is 1. The van der Waals surface area contributed by atoms with Crippen molar-refractivity contribution >= 4 is 22.6 Å². The molecule has 146 valence electrons. The lowest BCUT2D eigenvalue weighted by atomic mass is 10.1. The van der Waals surface area contributed by atoms with Crippen molar-refractivity contribution in [1.29, 1.82) is 0 Å². The molecule has 0 saturated heterocycles. The highest BCUT2D eigenvalue weighted by Crippen LogP contribution is 2.26. The summed E-state index contributed by atoms with van der Waals surface area (Å²) in [5.74, 6) is 0.401. The van der Waals surface area contributed by atoms with Crippen molar-refractivity contribution in [2.24, 2.45) is 0 Å². The highest BCUT2D eigenvalue weighted by atomic mass is 16.5. The van der Waals surface area contributed by atoms with Crippen LogP contribution >= 0.6 is 0 Å². The molecule has 6 heteroatoms. The van der Waals surface area contributed by atoms with Gasteiger partial charge in [-0.3, -0.25) is 4.79 Å². The van der Waals surface area contributed by atoms with Crippen LogP contribution in [0.3, 0.4) is 0 Å². The van der Waals surface area contributed by atoms with Crippen molar-refractivity contribution in [2.45, 2.75) is 20.4 Å². The van der Waals surface area contributed by atoms with Gasteiger partial charge in [-0.1, -0.05) is 41.1 Å². The van der Waals surface area contributed by atoms with Gasteiger partial charge in [0.15, 0.2) is 0 Å². The van der Waals surface area contributed by atoms with Gasteiger partial charge in [0.05, 0.1) is 24.9 Å². The molecule has 1 aromatic heterocycles. The molecule has 0 unspecified atom stereocenters. The van der Waals surface area contributed by atoms with E-state index in [1.807, 2.05) is 35.9 Å². The molecule has 0 bridgehead atoms. The largest absolute Gasteiger partial charge is 0.495 e. The van der Waals surface area contributed by atoms with Crippen molar-refractivity contribution in [2.75, 3.05) is 12.4 Å². The summed E-state index contributed by atoms with van der Waals surface area (Å²) in [6.45, 7) is 4.66. The number of fused-ring (bicyclic) bond motifs is 1. The van der Waals surface area contributed by atoms with Gasteiger partial charge in [0, 0.05) is 5.56 Å². The second kappa shape index (κ2) is 7.75. The van der Waals surface area contributed by atoms with Crippen molar-refractivity contribution in [1.82, 2.24) is 15.0 Å². The Balaban J connectivity index is 1.57. The number of aromatic nitrogens is 3. The summed E-state index contributed by atoms with van der Waals surface area (Å²) in [6, 6.07) is 19.4. The van der Waals surface area contributed by atoms with E-state index in [-0.39, 0.29) is 5.91 Å². The lowest BCUT2D eigenvalue weighted by molar-refractivity contribution is 0.102. The predicted octanol–water partition coefficient (Wildman–Crippen LogP) is 4.36. The molecule has 6 nitrogen and oxygen atoms in total. The van der Waals surface area contributed by atoms with E-state index < -0.39 is 0 Å². The Morgan fingerprint density at radius 1 is 1.00 bits per heavy atom. The standard InChI is InChI=1S/C23H22N4O2/c1-15-4-7-17(8-5-15)14-27-21-10-9-18(13-19(21)25-26-27)23(28)24-20-12-16(2)6-11-22(20)29-3/h4-13H,14H2,1-3H3,(H,24,28). The van der Waals surface area contributed by atoms with Crippen LogP contribution in [0.5, 0.6) is 5.75 Å². The number of ether oxygens (including phenoxy) is 1. The molecule has 1 amide bonds. The van der Waals surface area contributed by atoms with Crippen molar-refractivity contribution in [3.8, 4) is 5.75 Å². The van der Waals surface area contributed by atoms with Crippen LogP contribution in [0, 0.1) is 13.8 Å². The normalized spacial score (nSPS) is 10.9. The molecule has 1 N–H and O–H groups in total. The zero-order chi connectivity index (χ0) is 20.4. The summed E-state index contributed by atoms with van der Waals surface area (Å²) in [4.78, 5) is 12.7. The maximum Gasteiger partial charge on any atom is 0.255 e. The fraction of sp³-hybridized carbons (Fsp3) is 0.174. The van der Waals surface area contributed by atoms with Crippen LogP contribution in [-0.2, 0) is 6.54 Å². The van der Waals surface area contributed by atoms with Crippen LogP contribution in [0.4, 0.5) is 5.69 Å². The molecular weight excluding hydrogens is 364 g/mol. The molecule has 1 heterocycles. The molecule has 0 fully saturated rings. The number of methoxy groups -OCH3 is 1. The second-order valence-corrected chi connectivity index (χ2v) is 7.09. The highest BCUT2D eigenvalue weighted by molar-refractivity contribution is 6.06. The number of hydrogen-bond donors (Lipinski definition) is 1. The Morgan fingerprint density at radius 2 is 1.76 bits per heavy atom. The Hall–Kier alpha value is -3.67. The molecule has 4 rings (SSSR count). The number of aryl methyl sites for hydroxylation is 2. The molecule has 0 aliphatic rings. The molecule has 0 aliphatic carbocycles. The van der Waals surface area contributed by atoms with Gasteiger partial charge in [0.25, 0.3) is 5.91 Å². The zero-order valence-corrected chi connectivity index (χ0v) is 16.6. The number of carbonyl (C=O) groups is 1. The predicted molar refractivity (Wildman–Crippen MR) is 113 cm³/mol. The van der Waals surface area contributed by atoms with Crippen LogP contribution in [0.2, 0.25) is 0 Å². The van der Waals surface area contributed by atoms with Crippen molar-refractivity contribution in [3.05, 3.63) is 82.9 Å². The van der Waals surface area contributed by atoms with Crippen LogP contribution < -0.4 is 10.1 Å². The van der Waals surface area contributed by atoms with E-state index in [0.717, 1.165) is 16.6 Å². The number of benzene rings is 3. The molecule has 0 spiro atoms. The Labute approximate surface area is 169 Å². The minimum Gasteiger partial charge on any atom is -0.495 e.